The number of hydrogen-bond donors (Lipinski definition) is 0. The van der Waals surface area contributed by atoms with E-state index in [1.807, 2.05) is 45.3 Å². The van der Waals surface area contributed by atoms with E-state index in [0.29, 0.717) is 23.9 Å². The van der Waals surface area contributed by atoms with Gasteiger partial charge in [0.25, 0.3) is 5.56 Å². The largest absolute Gasteiger partial charge is 0.490 e. The molecular weight excluding hydrogens is 464 g/mol. The molecule has 186 valence electrons. The van der Waals surface area contributed by atoms with Gasteiger partial charge in [0.2, 0.25) is 0 Å². The minimum Gasteiger partial charge on any atom is -0.490 e. The standard InChI is InChI=1S/C27H27F2N5O2/c1-18(34-26(35)9-8-25(32-34)21-13-22(28)15-23(29)14-21)19-6-4-7-20(12-19)27-30-16-24(17-31-27)36-11-5-10-33(2)3/h4,6-9,12-18H,5,10-11H2,1-3H3/t18-/m1/s1. The van der Waals surface area contributed by atoms with Crippen molar-refractivity contribution in [1.29, 1.82) is 0 Å². The van der Waals surface area contributed by atoms with E-state index in [1.165, 1.54) is 28.9 Å². The first-order valence-corrected chi connectivity index (χ1v) is 11.6. The molecule has 0 fully saturated rings. The number of benzene rings is 2. The van der Waals surface area contributed by atoms with E-state index in [-0.39, 0.29) is 11.1 Å². The highest BCUT2D eigenvalue weighted by molar-refractivity contribution is 5.59. The van der Waals surface area contributed by atoms with Crippen LogP contribution in [0.1, 0.15) is 24.9 Å². The van der Waals surface area contributed by atoms with Crippen LogP contribution in [0.4, 0.5) is 8.78 Å². The highest BCUT2D eigenvalue weighted by atomic mass is 19.1. The van der Waals surface area contributed by atoms with Gasteiger partial charge in [0.15, 0.2) is 11.6 Å². The first-order chi connectivity index (χ1) is 17.3. The van der Waals surface area contributed by atoms with E-state index < -0.39 is 17.7 Å². The molecule has 0 aliphatic rings. The third-order valence-electron chi connectivity index (χ3n) is 5.62. The SMILES string of the molecule is C[C@H](c1cccc(-c2ncc(OCCCN(C)C)cn2)c1)n1nc(-c2cc(F)cc(F)c2)ccc1=O. The maximum absolute atomic E-state index is 13.7. The first-order valence-electron chi connectivity index (χ1n) is 11.6. The van der Waals surface area contributed by atoms with Crippen LogP contribution in [0.3, 0.4) is 0 Å². The van der Waals surface area contributed by atoms with Crippen molar-refractivity contribution in [3.05, 3.63) is 94.5 Å². The van der Waals surface area contributed by atoms with Gasteiger partial charge in [-0.1, -0.05) is 18.2 Å². The molecule has 9 heteroatoms. The van der Waals surface area contributed by atoms with Gasteiger partial charge in [-0.25, -0.2) is 23.4 Å². The Morgan fingerprint density at radius 1 is 0.972 bits per heavy atom. The predicted molar refractivity (Wildman–Crippen MR) is 134 cm³/mol. The molecule has 0 aliphatic heterocycles. The van der Waals surface area contributed by atoms with Crippen molar-refractivity contribution in [3.63, 3.8) is 0 Å². The number of ether oxygens (including phenoxy) is 1. The van der Waals surface area contributed by atoms with Gasteiger partial charge in [-0.3, -0.25) is 4.79 Å². The molecule has 2 heterocycles. The normalized spacial score (nSPS) is 12.1. The molecule has 7 nitrogen and oxygen atoms in total. The monoisotopic (exact) mass is 491 g/mol. The number of rotatable bonds is 9. The van der Waals surface area contributed by atoms with Crippen molar-refractivity contribution in [1.82, 2.24) is 24.6 Å². The fraction of sp³-hybridized carbons (Fsp3) is 0.259. The summed E-state index contributed by atoms with van der Waals surface area (Å²) < 4.78 is 34.4. The molecule has 0 spiro atoms. The van der Waals surface area contributed by atoms with E-state index in [4.69, 9.17) is 4.74 Å². The van der Waals surface area contributed by atoms with Crippen LogP contribution in [-0.4, -0.2) is 51.9 Å². The summed E-state index contributed by atoms with van der Waals surface area (Å²) in [6.07, 6.45) is 4.18. The summed E-state index contributed by atoms with van der Waals surface area (Å²) in [6, 6.07) is 13.0. The highest BCUT2D eigenvalue weighted by Crippen LogP contribution is 2.24. The molecule has 0 N–H and O–H groups in total. The molecule has 2 aromatic carbocycles. The third-order valence-corrected chi connectivity index (χ3v) is 5.62. The van der Waals surface area contributed by atoms with Crippen molar-refractivity contribution in [2.75, 3.05) is 27.2 Å². The number of hydrogen-bond acceptors (Lipinski definition) is 6. The lowest BCUT2D eigenvalue weighted by Gasteiger charge is -2.16. The van der Waals surface area contributed by atoms with Gasteiger partial charge in [0.1, 0.15) is 11.6 Å². The van der Waals surface area contributed by atoms with Crippen LogP contribution in [0, 0.1) is 11.6 Å². The molecular formula is C27H27F2N5O2. The molecule has 0 radical (unpaired) electrons. The molecule has 0 aliphatic carbocycles. The molecule has 1 atom stereocenters. The lowest BCUT2D eigenvalue weighted by Crippen LogP contribution is -2.26. The Kier molecular flexibility index (Phi) is 7.80. The van der Waals surface area contributed by atoms with Crippen molar-refractivity contribution in [3.8, 4) is 28.4 Å². The molecule has 0 bridgehead atoms. The Bertz CT molecular complexity index is 1370. The zero-order valence-electron chi connectivity index (χ0n) is 20.4. The smallest absolute Gasteiger partial charge is 0.267 e. The summed E-state index contributed by atoms with van der Waals surface area (Å²) in [5.41, 5.74) is 1.79. The van der Waals surface area contributed by atoms with Gasteiger partial charge in [0.05, 0.1) is 30.7 Å². The summed E-state index contributed by atoms with van der Waals surface area (Å²) in [5.74, 6) is -0.303. The van der Waals surface area contributed by atoms with E-state index in [1.54, 1.807) is 12.4 Å². The molecule has 0 saturated carbocycles. The molecule has 0 saturated heterocycles. The zero-order valence-corrected chi connectivity index (χ0v) is 20.4. The van der Waals surface area contributed by atoms with E-state index in [0.717, 1.165) is 30.2 Å². The maximum atomic E-state index is 13.7. The molecule has 0 unspecified atom stereocenters. The van der Waals surface area contributed by atoms with Crippen molar-refractivity contribution in [2.24, 2.45) is 0 Å². The van der Waals surface area contributed by atoms with Gasteiger partial charge in [0, 0.05) is 29.8 Å². The van der Waals surface area contributed by atoms with Gasteiger partial charge >= 0.3 is 0 Å². The second kappa shape index (κ2) is 11.2. The third kappa shape index (κ3) is 6.17. The second-order valence-corrected chi connectivity index (χ2v) is 8.71. The summed E-state index contributed by atoms with van der Waals surface area (Å²) in [5, 5.41) is 4.38. The number of halogens is 2. The lowest BCUT2D eigenvalue weighted by molar-refractivity contribution is 0.280. The number of aromatic nitrogens is 4. The average molecular weight is 492 g/mol. The first kappa shape index (κ1) is 25.1. The summed E-state index contributed by atoms with van der Waals surface area (Å²) in [4.78, 5) is 23.5. The Hall–Kier alpha value is -3.98. The fourth-order valence-electron chi connectivity index (χ4n) is 3.75. The van der Waals surface area contributed by atoms with Crippen molar-refractivity contribution in [2.45, 2.75) is 19.4 Å². The minimum atomic E-state index is -0.713. The average Bonchev–Trinajstić information content (AvgIpc) is 2.86. The summed E-state index contributed by atoms with van der Waals surface area (Å²) >= 11 is 0. The van der Waals surface area contributed by atoms with Gasteiger partial charge in [-0.05, 0) is 57.3 Å². The Morgan fingerprint density at radius 3 is 2.39 bits per heavy atom. The van der Waals surface area contributed by atoms with Crippen LogP contribution >= 0.6 is 0 Å². The van der Waals surface area contributed by atoms with Crippen LogP contribution < -0.4 is 10.3 Å². The van der Waals surface area contributed by atoms with Crippen LogP contribution in [0.15, 0.2) is 71.8 Å². The fourth-order valence-corrected chi connectivity index (χ4v) is 3.75. The van der Waals surface area contributed by atoms with Crippen molar-refractivity contribution < 1.29 is 13.5 Å². The highest BCUT2D eigenvalue weighted by Gasteiger charge is 2.15. The van der Waals surface area contributed by atoms with Crippen molar-refractivity contribution >= 4 is 0 Å². The quantitative estimate of drug-likeness (QED) is 0.319. The summed E-state index contributed by atoms with van der Waals surface area (Å²) in [6.45, 7) is 3.34. The molecule has 36 heavy (non-hydrogen) atoms. The van der Waals surface area contributed by atoms with E-state index >= 15 is 0 Å². The molecule has 4 aromatic rings. The van der Waals surface area contributed by atoms with Gasteiger partial charge < -0.3 is 9.64 Å². The summed E-state index contributed by atoms with van der Waals surface area (Å²) in [7, 11) is 4.03. The van der Waals surface area contributed by atoms with E-state index in [2.05, 4.69) is 20.0 Å². The van der Waals surface area contributed by atoms with E-state index in [9.17, 15) is 13.6 Å². The Labute approximate surface area is 208 Å². The van der Waals surface area contributed by atoms with Gasteiger partial charge in [-0.2, -0.15) is 5.10 Å². The minimum absolute atomic E-state index is 0.250. The second-order valence-electron chi connectivity index (χ2n) is 8.71. The van der Waals surface area contributed by atoms with Crippen LogP contribution in [0.25, 0.3) is 22.6 Å². The van der Waals surface area contributed by atoms with Crippen LogP contribution in [0.5, 0.6) is 5.75 Å². The van der Waals surface area contributed by atoms with Crippen LogP contribution in [-0.2, 0) is 0 Å². The molecule has 4 rings (SSSR count). The van der Waals surface area contributed by atoms with Gasteiger partial charge in [-0.15, -0.1) is 0 Å². The predicted octanol–water partition coefficient (Wildman–Crippen LogP) is 4.59. The van der Waals surface area contributed by atoms with Crippen LogP contribution in [0.2, 0.25) is 0 Å². The topological polar surface area (TPSA) is 73.1 Å². The Balaban J connectivity index is 1.54. The zero-order chi connectivity index (χ0) is 25.7. The maximum Gasteiger partial charge on any atom is 0.267 e. The Morgan fingerprint density at radius 2 is 1.69 bits per heavy atom. The molecule has 0 amide bonds. The molecule has 2 aromatic heterocycles. The lowest BCUT2D eigenvalue weighted by atomic mass is 10.0. The number of nitrogens with zero attached hydrogens (tertiary/aromatic N) is 5.